The van der Waals surface area contributed by atoms with Crippen LogP contribution in [0.3, 0.4) is 0 Å². The Morgan fingerprint density at radius 3 is 2.50 bits per heavy atom. The van der Waals surface area contributed by atoms with Crippen LogP contribution in [0, 0.1) is 10.1 Å². The molecule has 30 heavy (non-hydrogen) atoms. The van der Waals surface area contributed by atoms with Crippen LogP contribution in [0.15, 0.2) is 65.4 Å². The van der Waals surface area contributed by atoms with Gasteiger partial charge in [-0.15, -0.1) is 0 Å². The summed E-state index contributed by atoms with van der Waals surface area (Å²) in [6.45, 7) is 4.04. The zero-order valence-corrected chi connectivity index (χ0v) is 16.7. The molecule has 154 valence electrons. The van der Waals surface area contributed by atoms with E-state index in [9.17, 15) is 19.7 Å². The normalized spacial score (nSPS) is 15.0. The number of nitro benzene ring substituents is 1. The number of rotatable bonds is 6. The number of benzene rings is 2. The lowest BCUT2D eigenvalue weighted by Gasteiger charge is -2.18. The van der Waals surface area contributed by atoms with Crippen molar-refractivity contribution in [3.05, 3.63) is 81.1 Å². The summed E-state index contributed by atoms with van der Waals surface area (Å²) >= 11 is 0. The fourth-order valence-electron chi connectivity index (χ4n) is 3.24. The van der Waals surface area contributed by atoms with Gasteiger partial charge in [0.1, 0.15) is 5.75 Å². The van der Waals surface area contributed by atoms with E-state index < -0.39 is 16.8 Å². The Bertz CT molecular complexity index is 1070. The highest BCUT2D eigenvalue weighted by atomic mass is 16.6. The van der Waals surface area contributed by atoms with Crippen molar-refractivity contribution in [2.45, 2.75) is 13.8 Å². The molecule has 1 heterocycles. The molecule has 0 N–H and O–H groups in total. The van der Waals surface area contributed by atoms with Crippen LogP contribution in [-0.4, -0.2) is 30.5 Å². The van der Waals surface area contributed by atoms with Gasteiger partial charge in [-0.3, -0.25) is 19.8 Å². The molecule has 0 aromatic heterocycles. The summed E-state index contributed by atoms with van der Waals surface area (Å²) in [5.74, 6) is -0.426. The van der Waals surface area contributed by atoms with Crippen molar-refractivity contribution in [1.29, 1.82) is 0 Å². The van der Waals surface area contributed by atoms with Gasteiger partial charge in [0.05, 0.1) is 29.8 Å². The number of hydrogen-bond acceptors (Lipinski definition) is 6. The smallest absolute Gasteiger partial charge is 0.340 e. The first-order valence-corrected chi connectivity index (χ1v) is 9.20. The van der Waals surface area contributed by atoms with Gasteiger partial charge in [0, 0.05) is 23.5 Å². The zero-order valence-electron chi connectivity index (χ0n) is 16.7. The summed E-state index contributed by atoms with van der Waals surface area (Å²) < 4.78 is 10.3. The number of allylic oxidation sites excluding steroid dienone is 1. The summed E-state index contributed by atoms with van der Waals surface area (Å²) in [6.07, 6.45) is 1.46. The van der Waals surface area contributed by atoms with Gasteiger partial charge in [-0.1, -0.05) is 12.1 Å². The van der Waals surface area contributed by atoms with Crippen LogP contribution in [0.25, 0.3) is 6.08 Å². The first-order valence-electron chi connectivity index (χ1n) is 9.20. The monoisotopic (exact) mass is 408 g/mol. The lowest BCUT2D eigenvalue weighted by Crippen LogP contribution is -2.24. The first kappa shape index (κ1) is 20.8. The van der Waals surface area contributed by atoms with Crippen LogP contribution in [0.4, 0.5) is 11.4 Å². The predicted molar refractivity (Wildman–Crippen MR) is 111 cm³/mol. The third kappa shape index (κ3) is 3.93. The molecule has 3 rings (SSSR count). The average Bonchev–Trinajstić information content (AvgIpc) is 2.98. The van der Waals surface area contributed by atoms with E-state index in [1.54, 1.807) is 37.3 Å². The molecule has 1 aliphatic rings. The zero-order chi connectivity index (χ0) is 21.8. The van der Waals surface area contributed by atoms with Crippen LogP contribution in [0.1, 0.15) is 19.4 Å². The topological polar surface area (TPSA) is 99.0 Å². The van der Waals surface area contributed by atoms with Gasteiger partial charge in [-0.2, -0.15) is 0 Å². The molecule has 8 heteroatoms. The van der Waals surface area contributed by atoms with Crippen molar-refractivity contribution < 1.29 is 24.0 Å². The van der Waals surface area contributed by atoms with Crippen molar-refractivity contribution in [2.24, 2.45) is 0 Å². The number of carbonyl (C=O) groups excluding carboxylic acids is 2. The van der Waals surface area contributed by atoms with Gasteiger partial charge in [-0.25, -0.2) is 4.79 Å². The maximum atomic E-state index is 13.2. The fraction of sp³-hybridized carbons (Fsp3) is 0.182. The van der Waals surface area contributed by atoms with E-state index in [1.165, 1.54) is 36.3 Å². The van der Waals surface area contributed by atoms with Crippen LogP contribution < -0.4 is 9.64 Å². The Balaban J connectivity index is 2.08. The van der Waals surface area contributed by atoms with Gasteiger partial charge in [0.2, 0.25) is 0 Å². The van der Waals surface area contributed by atoms with Crippen molar-refractivity contribution in [2.75, 3.05) is 18.6 Å². The number of amides is 1. The van der Waals surface area contributed by atoms with Crippen LogP contribution >= 0.6 is 0 Å². The molecule has 0 aliphatic carbocycles. The number of hydrogen-bond donors (Lipinski definition) is 0. The number of nitrogens with zero attached hydrogens (tertiary/aromatic N) is 2. The van der Waals surface area contributed by atoms with E-state index in [1.807, 2.05) is 6.92 Å². The Kier molecular flexibility index (Phi) is 5.96. The SMILES string of the molecule is CCOc1ccc(N2C(=O)C(=Cc3cccc([N+](=O)[O-])c3)C(C(=O)OC)=C2C)cc1. The van der Waals surface area contributed by atoms with Crippen LogP contribution in [0.5, 0.6) is 5.75 Å². The van der Waals surface area contributed by atoms with Crippen molar-refractivity contribution in [3.8, 4) is 5.75 Å². The van der Waals surface area contributed by atoms with E-state index in [0.717, 1.165) is 0 Å². The molecule has 0 radical (unpaired) electrons. The predicted octanol–water partition coefficient (Wildman–Crippen LogP) is 3.87. The number of esters is 1. The molecule has 8 nitrogen and oxygen atoms in total. The molecule has 0 saturated carbocycles. The highest BCUT2D eigenvalue weighted by molar-refractivity contribution is 6.23. The Labute approximate surface area is 173 Å². The second-order valence-corrected chi connectivity index (χ2v) is 6.43. The maximum Gasteiger partial charge on any atom is 0.340 e. The van der Waals surface area contributed by atoms with Gasteiger partial charge in [-0.05, 0) is 49.8 Å². The highest BCUT2D eigenvalue weighted by Gasteiger charge is 2.37. The lowest BCUT2D eigenvalue weighted by molar-refractivity contribution is -0.384. The van der Waals surface area contributed by atoms with E-state index in [0.29, 0.717) is 29.3 Å². The molecule has 2 aromatic rings. The number of carbonyl (C=O) groups is 2. The van der Waals surface area contributed by atoms with Gasteiger partial charge < -0.3 is 9.47 Å². The van der Waals surface area contributed by atoms with Gasteiger partial charge >= 0.3 is 5.97 Å². The summed E-state index contributed by atoms with van der Waals surface area (Å²) in [5.41, 5.74) is 1.50. The molecule has 0 spiro atoms. The molecule has 1 amide bonds. The van der Waals surface area contributed by atoms with Gasteiger partial charge in [0.15, 0.2) is 0 Å². The Hall–Kier alpha value is -3.94. The second-order valence-electron chi connectivity index (χ2n) is 6.43. The number of ether oxygens (including phenoxy) is 2. The second kappa shape index (κ2) is 8.60. The summed E-state index contributed by atoms with van der Waals surface area (Å²) in [4.78, 5) is 37.6. The summed E-state index contributed by atoms with van der Waals surface area (Å²) in [5, 5.41) is 11.1. The van der Waals surface area contributed by atoms with Crippen LogP contribution in [-0.2, 0) is 14.3 Å². The van der Waals surface area contributed by atoms with Crippen molar-refractivity contribution in [1.82, 2.24) is 0 Å². The van der Waals surface area contributed by atoms with Crippen molar-refractivity contribution >= 4 is 29.3 Å². The molecule has 1 aliphatic heterocycles. The number of methoxy groups -OCH3 is 1. The minimum Gasteiger partial charge on any atom is -0.494 e. The van der Waals surface area contributed by atoms with Crippen LogP contribution in [0.2, 0.25) is 0 Å². The average molecular weight is 408 g/mol. The van der Waals surface area contributed by atoms with Crippen molar-refractivity contribution in [3.63, 3.8) is 0 Å². The standard InChI is InChI=1S/C22H20N2O6/c1-4-30-18-10-8-16(9-11-18)23-14(2)20(22(26)29-3)19(21(23)25)13-15-6-5-7-17(12-15)24(27)28/h5-13H,4H2,1-3H3. The molecule has 0 fully saturated rings. The minimum atomic E-state index is -0.661. The quantitative estimate of drug-likeness (QED) is 0.311. The summed E-state index contributed by atoms with van der Waals surface area (Å²) in [7, 11) is 1.23. The molecule has 0 unspecified atom stereocenters. The van der Waals surface area contributed by atoms with E-state index in [2.05, 4.69) is 0 Å². The third-order valence-electron chi connectivity index (χ3n) is 4.59. The lowest BCUT2D eigenvalue weighted by atomic mass is 10.0. The number of anilines is 1. The third-order valence-corrected chi connectivity index (χ3v) is 4.59. The maximum absolute atomic E-state index is 13.2. The largest absolute Gasteiger partial charge is 0.494 e. The van der Waals surface area contributed by atoms with E-state index in [4.69, 9.17) is 9.47 Å². The molecule has 0 saturated heterocycles. The first-order chi connectivity index (χ1) is 14.4. The Morgan fingerprint density at radius 1 is 1.20 bits per heavy atom. The van der Waals surface area contributed by atoms with E-state index in [-0.39, 0.29) is 16.8 Å². The van der Waals surface area contributed by atoms with Gasteiger partial charge in [0.25, 0.3) is 11.6 Å². The number of non-ortho nitro benzene ring substituents is 1. The minimum absolute atomic E-state index is 0.105. The molecular formula is C22H20N2O6. The Morgan fingerprint density at radius 2 is 1.90 bits per heavy atom. The highest BCUT2D eigenvalue weighted by Crippen LogP contribution is 2.36. The molecule has 0 bridgehead atoms. The molecule has 0 atom stereocenters. The molecule has 2 aromatic carbocycles. The number of nitro groups is 1. The van der Waals surface area contributed by atoms with E-state index >= 15 is 0 Å². The fourth-order valence-corrected chi connectivity index (χ4v) is 3.24. The summed E-state index contributed by atoms with van der Waals surface area (Å²) in [6, 6.07) is 12.7. The molecular weight excluding hydrogens is 388 g/mol.